The van der Waals surface area contributed by atoms with Crippen LogP contribution in [0.1, 0.15) is 21.8 Å². The molecule has 1 N–H and O–H groups in total. The summed E-state index contributed by atoms with van der Waals surface area (Å²) < 4.78 is 0. The van der Waals surface area contributed by atoms with E-state index in [0.717, 1.165) is 37.4 Å². The average Bonchev–Trinajstić information content (AvgIpc) is 3.45. The fraction of sp³-hybridized carbons (Fsp3) is 0.167. The number of nitrogens with zero attached hydrogens (tertiary/aromatic N) is 5. The molecular weight excluding hydrogens is 420 g/mol. The summed E-state index contributed by atoms with van der Waals surface area (Å²) in [6, 6.07) is 20.1. The van der Waals surface area contributed by atoms with E-state index in [2.05, 4.69) is 49.7 Å². The summed E-state index contributed by atoms with van der Waals surface area (Å²) in [5, 5.41) is 12.1. The number of nitrogens with one attached hydrogen (secondary N) is 1. The van der Waals surface area contributed by atoms with Gasteiger partial charge in [-0.1, -0.05) is 48.5 Å². The van der Waals surface area contributed by atoms with Crippen LogP contribution in [0.2, 0.25) is 0 Å². The Morgan fingerprint density at radius 3 is 2.69 bits per heavy atom. The Morgan fingerprint density at radius 1 is 1.09 bits per heavy atom. The molecule has 0 saturated heterocycles. The van der Waals surface area contributed by atoms with Crippen LogP contribution in [0.15, 0.2) is 72.9 Å². The molecule has 3 heterocycles. The van der Waals surface area contributed by atoms with Crippen LogP contribution in [0, 0.1) is 0 Å². The Bertz CT molecular complexity index is 1230. The minimum atomic E-state index is -0.230. The summed E-state index contributed by atoms with van der Waals surface area (Å²) in [4.78, 5) is 22.2. The highest BCUT2D eigenvalue weighted by atomic mass is 32.1. The Kier molecular flexibility index (Phi) is 5.87. The summed E-state index contributed by atoms with van der Waals surface area (Å²) in [6.45, 7) is 2.75. The second-order valence-corrected chi connectivity index (χ2v) is 8.64. The Labute approximate surface area is 190 Å². The number of thiazole rings is 1. The molecular formula is C24H22N6OS. The molecule has 0 radical (unpaired) electrons. The van der Waals surface area contributed by atoms with E-state index in [-0.39, 0.29) is 5.91 Å². The fourth-order valence-electron chi connectivity index (χ4n) is 3.62. The molecule has 7 nitrogen and oxygen atoms in total. The maximum absolute atomic E-state index is 12.4. The van der Waals surface area contributed by atoms with Gasteiger partial charge in [-0.2, -0.15) is 9.90 Å². The predicted octanol–water partition coefficient (Wildman–Crippen LogP) is 3.93. The van der Waals surface area contributed by atoms with Crippen molar-refractivity contribution in [3.8, 4) is 5.69 Å². The van der Waals surface area contributed by atoms with Gasteiger partial charge in [-0.25, -0.2) is 4.98 Å². The largest absolute Gasteiger partial charge is 0.298 e. The van der Waals surface area contributed by atoms with Crippen LogP contribution in [0.3, 0.4) is 0 Å². The lowest BCUT2D eigenvalue weighted by Gasteiger charge is -2.25. The van der Waals surface area contributed by atoms with Crippen LogP contribution in [-0.4, -0.2) is 37.3 Å². The van der Waals surface area contributed by atoms with E-state index in [4.69, 9.17) is 0 Å². The first-order chi connectivity index (χ1) is 15.7. The van der Waals surface area contributed by atoms with Gasteiger partial charge in [-0.05, 0) is 23.8 Å². The fourth-order valence-corrected chi connectivity index (χ4v) is 4.68. The molecule has 0 unspecified atom stereocenters. The first-order valence-corrected chi connectivity index (χ1v) is 11.3. The van der Waals surface area contributed by atoms with Crippen molar-refractivity contribution in [1.82, 2.24) is 24.9 Å². The molecule has 0 atom stereocenters. The van der Waals surface area contributed by atoms with E-state index in [9.17, 15) is 4.79 Å². The third-order valence-electron chi connectivity index (χ3n) is 5.19. The highest BCUT2D eigenvalue weighted by molar-refractivity contribution is 7.15. The van der Waals surface area contributed by atoms with Gasteiger partial charge in [0.15, 0.2) is 5.13 Å². The van der Waals surface area contributed by atoms with Crippen LogP contribution in [0.5, 0.6) is 0 Å². The molecule has 1 aliphatic heterocycles. The van der Waals surface area contributed by atoms with Crippen LogP contribution < -0.4 is 5.32 Å². The number of rotatable bonds is 6. The normalized spacial score (nSPS) is 13.9. The number of amides is 1. The molecule has 1 aliphatic rings. The first kappa shape index (κ1) is 20.3. The molecule has 0 saturated carbocycles. The number of hydrogen-bond acceptors (Lipinski definition) is 6. The molecule has 5 rings (SSSR count). The van der Waals surface area contributed by atoms with Crippen LogP contribution in [0.25, 0.3) is 11.8 Å². The smallest absolute Gasteiger partial charge is 0.250 e. The van der Waals surface area contributed by atoms with Gasteiger partial charge in [0.2, 0.25) is 5.91 Å². The quantitative estimate of drug-likeness (QED) is 0.458. The average molecular weight is 443 g/mol. The minimum absolute atomic E-state index is 0.230. The zero-order chi connectivity index (χ0) is 21.8. The SMILES string of the molecule is O=C(/C=C/c1cnn(-c2ccccc2)n1)Nc1nc2c(s1)CN(Cc1ccccc1)CC2. The van der Waals surface area contributed by atoms with Crippen molar-refractivity contribution >= 4 is 28.5 Å². The number of anilines is 1. The molecule has 8 heteroatoms. The van der Waals surface area contributed by atoms with Crippen molar-refractivity contribution in [3.63, 3.8) is 0 Å². The molecule has 0 spiro atoms. The third kappa shape index (κ3) is 4.82. The van der Waals surface area contributed by atoms with Crippen molar-refractivity contribution in [2.45, 2.75) is 19.5 Å². The molecule has 1 amide bonds. The highest BCUT2D eigenvalue weighted by Crippen LogP contribution is 2.29. The molecule has 160 valence electrons. The molecule has 0 fully saturated rings. The zero-order valence-electron chi connectivity index (χ0n) is 17.4. The van der Waals surface area contributed by atoms with Crippen molar-refractivity contribution < 1.29 is 4.79 Å². The molecule has 0 aliphatic carbocycles. The molecule has 0 bridgehead atoms. The summed E-state index contributed by atoms with van der Waals surface area (Å²) in [5.74, 6) is -0.230. The number of benzene rings is 2. The number of fused-ring (bicyclic) bond motifs is 1. The highest BCUT2D eigenvalue weighted by Gasteiger charge is 2.21. The second-order valence-electron chi connectivity index (χ2n) is 7.55. The van der Waals surface area contributed by atoms with Crippen molar-refractivity contribution in [1.29, 1.82) is 0 Å². The lowest BCUT2D eigenvalue weighted by molar-refractivity contribution is -0.111. The van der Waals surface area contributed by atoms with Crippen LogP contribution in [0.4, 0.5) is 5.13 Å². The van der Waals surface area contributed by atoms with Crippen molar-refractivity contribution in [3.05, 3.63) is 94.8 Å². The molecule has 32 heavy (non-hydrogen) atoms. The predicted molar refractivity (Wildman–Crippen MR) is 125 cm³/mol. The Hall–Kier alpha value is -3.62. The lowest BCUT2D eigenvalue weighted by atomic mass is 10.1. The van der Waals surface area contributed by atoms with E-state index in [1.54, 1.807) is 23.6 Å². The standard InChI is InChI=1S/C24H22N6OS/c31-23(12-11-19-15-25-30(28-19)20-9-5-2-6-10-20)27-24-26-21-13-14-29(17-22(21)32-24)16-18-7-3-1-4-8-18/h1-12,15H,13-14,16-17H2,(H,26,27,31)/b12-11+. The van der Waals surface area contributed by atoms with Crippen LogP contribution >= 0.6 is 11.3 Å². The van der Waals surface area contributed by atoms with E-state index in [1.165, 1.54) is 21.3 Å². The van der Waals surface area contributed by atoms with Gasteiger partial charge < -0.3 is 0 Å². The van der Waals surface area contributed by atoms with Gasteiger partial charge in [0, 0.05) is 37.0 Å². The maximum atomic E-state index is 12.4. The lowest BCUT2D eigenvalue weighted by Crippen LogP contribution is -2.29. The van der Waals surface area contributed by atoms with Crippen LogP contribution in [-0.2, 0) is 24.3 Å². The summed E-state index contributed by atoms with van der Waals surface area (Å²) in [5.41, 5.74) is 3.87. The van der Waals surface area contributed by atoms with E-state index < -0.39 is 0 Å². The molecule has 4 aromatic rings. The maximum Gasteiger partial charge on any atom is 0.250 e. The number of carbonyl (C=O) groups excluding carboxylic acids is 1. The molecule has 2 aromatic carbocycles. The monoisotopic (exact) mass is 442 g/mol. The van der Waals surface area contributed by atoms with Gasteiger partial charge in [-0.3, -0.25) is 15.0 Å². The van der Waals surface area contributed by atoms with Gasteiger partial charge in [0.25, 0.3) is 0 Å². The number of carbonyl (C=O) groups is 1. The van der Waals surface area contributed by atoms with E-state index >= 15 is 0 Å². The zero-order valence-corrected chi connectivity index (χ0v) is 18.2. The Balaban J connectivity index is 1.19. The van der Waals surface area contributed by atoms with Crippen molar-refractivity contribution in [2.75, 3.05) is 11.9 Å². The topological polar surface area (TPSA) is 75.9 Å². The van der Waals surface area contributed by atoms with Gasteiger partial charge in [0.1, 0.15) is 5.69 Å². The second kappa shape index (κ2) is 9.25. The van der Waals surface area contributed by atoms with Gasteiger partial charge in [-0.15, -0.1) is 16.4 Å². The van der Waals surface area contributed by atoms with E-state index in [1.807, 2.05) is 36.4 Å². The summed E-state index contributed by atoms with van der Waals surface area (Å²) in [6.07, 6.45) is 5.63. The minimum Gasteiger partial charge on any atom is -0.298 e. The molecule has 2 aromatic heterocycles. The summed E-state index contributed by atoms with van der Waals surface area (Å²) in [7, 11) is 0. The number of aromatic nitrogens is 4. The summed E-state index contributed by atoms with van der Waals surface area (Å²) >= 11 is 1.55. The first-order valence-electron chi connectivity index (χ1n) is 10.4. The van der Waals surface area contributed by atoms with Gasteiger partial charge in [0.05, 0.1) is 17.6 Å². The number of para-hydroxylation sites is 1. The van der Waals surface area contributed by atoms with Gasteiger partial charge >= 0.3 is 0 Å². The Morgan fingerprint density at radius 2 is 1.88 bits per heavy atom. The third-order valence-corrected chi connectivity index (χ3v) is 6.19. The van der Waals surface area contributed by atoms with Crippen molar-refractivity contribution in [2.24, 2.45) is 0 Å². The van der Waals surface area contributed by atoms with E-state index in [0.29, 0.717) is 10.8 Å². The number of hydrogen-bond donors (Lipinski definition) is 1.